The van der Waals surface area contributed by atoms with Crippen LogP contribution in [-0.2, 0) is 11.2 Å². The molecule has 0 radical (unpaired) electrons. The molecule has 0 unspecified atom stereocenters. The summed E-state index contributed by atoms with van der Waals surface area (Å²) in [6.45, 7) is 4.91. The normalized spacial score (nSPS) is 26.6. The number of hydrogen-bond acceptors (Lipinski definition) is 4. The van der Waals surface area contributed by atoms with Gasteiger partial charge in [0.15, 0.2) is 0 Å². The van der Waals surface area contributed by atoms with E-state index in [0.29, 0.717) is 19.6 Å². The lowest BCUT2D eigenvalue weighted by Gasteiger charge is -2.37. The summed E-state index contributed by atoms with van der Waals surface area (Å²) in [6, 6.07) is 10.3. The summed E-state index contributed by atoms with van der Waals surface area (Å²) in [7, 11) is 0. The van der Waals surface area contributed by atoms with Crippen LogP contribution in [0, 0.1) is 0 Å². The van der Waals surface area contributed by atoms with Gasteiger partial charge in [-0.15, -0.1) is 0 Å². The molecule has 0 aliphatic carbocycles. The first kappa shape index (κ1) is 15.5. The standard InChI is InChI=1S/C17H25N3O2/c21-16-12-19(14-17(22)7-8-18-13-17)10-11-20(16)9-6-15-4-2-1-3-5-15/h1-5,18,22H,6-14H2/t17-/m1/s1. The molecule has 0 saturated carbocycles. The monoisotopic (exact) mass is 303 g/mol. The second-order valence-corrected chi connectivity index (χ2v) is 6.48. The molecular formula is C17H25N3O2. The van der Waals surface area contributed by atoms with Crippen LogP contribution in [0.25, 0.3) is 0 Å². The number of nitrogens with one attached hydrogen (secondary N) is 1. The van der Waals surface area contributed by atoms with Gasteiger partial charge in [-0.25, -0.2) is 0 Å². The predicted molar refractivity (Wildman–Crippen MR) is 85.6 cm³/mol. The molecule has 1 aromatic rings. The number of carbonyl (C=O) groups excluding carboxylic acids is 1. The number of aliphatic hydroxyl groups is 1. The number of rotatable bonds is 5. The highest BCUT2D eigenvalue weighted by Crippen LogP contribution is 2.17. The Kier molecular flexibility index (Phi) is 4.76. The van der Waals surface area contributed by atoms with E-state index in [1.165, 1.54) is 5.56 Å². The maximum atomic E-state index is 12.3. The summed E-state index contributed by atoms with van der Waals surface area (Å²) in [5.74, 6) is 0.178. The van der Waals surface area contributed by atoms with Crippen molar-refractivity contribution in [2.75, 3.05) is 45.8 Å². The van der Waals surface area contributed by atoms with Crippen LogP contribution in [0.15, 0.2) is 30.3 Å². The number of benzene rings is 1. The van der Waals surface area contributed by atoms with Gasteiger partial charge in [-0.2, -0.15) is 0 Å². The number of amides is 1. The molecule has 1 aromatic carbocycles. The zero-order valence-corrected chi connectivity index (χ0v) is 13.0. The Morgan fingerprint density at radius 3 is 2.73 bits per heavy atom. The van der Waals surface area contributed by atoms with Crippen molar-refractivity contribution in [1.82, 2.24) is 15.1 Å². The Morgan fingerprint density at radius 1 is 1.23 bits per heavy atom. The van der Waals surface area contributed by atoms with Crippen LogP contribution in [0.2, 0.25) is 0 Å². The lowest BCUT2D eigenvalue weighted by atomic mass is 10.0. The fourth-order valence-electron chi connectivity index (χ4n) is 3.32. The van der Waals surface area contributed by atoms with Crippen LogP contribution in [0.1, 0.15) is 12.0 Å². The third kappa shape index (κ3) is 3.85. The highest BCUT2D eigenvalue weighted by molar-refractivity contribution is 5.79. The van der Waals surface area contributed by atoms with Gasteiger partial charge >= 0.3 is 0 Å². The SMILES string of the molecule is O=C1CN(C[C@@]2(O)CCNC2)CCN1CCc1ccccc1. The number of nitrogens with zero attached hydrogens (tertiary/aromatic N) is 2. The second kappa shape index (κ2) is 6.77. The molecule has 120 valence electrons. The molecule has 2 aliphatic rings. The van der Waals surface area contributed by atoms with Crippen molar-refractivity contribution in [3.05, 3.63) is 35.9 Å². The van der Waals surface area contributed by atoms with Gasteiger partial charge in [0.1, 0.15) is 0 Å². The van der Waals surface area contributed by atoms with Crippen LogP contribution in [0.5, 0.6) is 0 Å². The zero-order chi connectivity index (χ0) is 15.4. The Bertz CT molecular complexity index is 500. The predicted octanol–water partition coefficient (Wildman–Crippen LogP) is 0.0977. The van der Waals surface area contributed by atoms with Gasteiger partial charge in [0.2, 0.25) is 5.91 Å². The average molecular weight is 303 g/mol. The van der Waals surface area contributed by atoms with Gasteiger partial charge in [0.05, 0.1) is 12.1 Å². The number of piperazine rings is 1. The van der Waals surface area contributed by atoms with Crippen LogP contribution >= 0.6 is 0 Å². The lowest BCUT2D eigenvalue weighted by Crippen LogP contribution is -2.55. The van der Waals surface area contributed by atoms with Gasteiger partial charge < -0.3 is 15.3 Å². The van der Waals surface area contributed by atoms with Gasteiger partial charge in [-0.3, -0.25) is 9.69 Å². The van der Waals surface area contributed by atoms with Crippen molar-refractivity contribution < 1.29 is 9.90 Å². The van der Waals surface area contributed by atoms with E-state index >= 15 is 0 Å². The first-order chi connectivity index (χ1) is 10.6. The Balaban J connectivity index is 1.47. The minimum Gasteiger partial charge on any atom is -0.387 e. The highest BCUT2D eigenvalue weighted by Gasteiger charge is 2.35. The maximum absolute atomic E-state index is 12.3. The summed E-state index contributed by atoms with van der Waals surface area (Å²) >= 11 is 0. The van der Waals surface area contributed by atoms with Crippen LogP contribution < -0.4 is 5.32 Å². The topological polar surface area (TPSA) is 55.8 Å². The molecule has 3 rings (SSSR count). The molecule has 0 spiro atoms. The average Bonchev–Trinajstić information content (AvgIpc) is 2.94. The van der Waals surface area contributed by atoms with E-state index in [0.717, 1.165) is 39.0 Å². The van der Waals surface area contributed by atoms with Crippen molar-refractivity contribution in [3.63, 3.8) is 0 Å². The summed E-state index contributed by atoms with van der Waals surface area (Å²) < 4.78 is 0. The van der Waals surface area contributed by atoms with Gasteiger partial charge in [0, 0.05) is 32.7 Å². The zero-order valence-electron chi connectivity index (χ0n) is 13.0. The highest BCUT2D eigenvalue weighted by atomic mass is 16.3. The molecule has 5 heteroatoms. The minimum atomic E-state index is -0.660. The quantitative estimate of drug-likeness (QED) is 0.810. The summed E-state index contributed by atoms with van der Waals surface area (Å²) in [5.41, 5.74) is 0.607. The number of hydrogen-bond donors (Lipinski definition) is 2. The molecule has 5 nitrogen and oxygen atoms in total. The van der Waals surface area contributed by atoms with Crippen LogP contribution in [0.4, 0.5) is 0 Å². The molecule has 2 aliphatic heterocycles. The molecule has 1 amide bonds. The summed E-state index contributed by atoms with van der Waals surface area (Å²) in [4.78, 5) is 16.3. The van der Waals surface area contributed by atoms with Gasteiger partial charge in [-0.1, -0.05) is 30.3 Å². The van der Waals surface area contributed by atoms with Crippen molar-refractivity contribution in [3.8, 4) is 0 Å². The Hall–Kier alpha value is -1.43. The van der Waals surface area contributed by atoms with Crippen molar-refractivity contribution in [2.45, 2.75) is 18.4 Å². The third-order valence-electron chi connectivity index (χ3n) is 4.65. The fourth-order valence-corrected chi connectivity index (χ4v) is 3.32. The summed E-state index contributed by atoms with van der Waals surface area (Å²) in [6.07, 6.45) is 1.68. The van der Waals surface area contributed by atoms with Crippen molar-refractivity contribution in [2.24, 2.45) is 0 Å². The smallest absolute Gasteiger partial charge is 0.236 e. The largest absolute Gasteiger partial charge is 0.387 e. The second-order valence-electron chi connectivity index (χ2n) is 6.48. The van der Waals surface area contributed by atoms with Gasteiger partial charge in [0.25, 0.3) is 0 Å². The molecule has 0 bridgehead atoms. The first-order valence-corrected chi connectivity index (χ1v) is 8.12. The molecule has 2 saturated heterocycles. The molecule has 2 heterocycles. The fraction of sp³-hybridized carbons (Fsp3) is 0.588. The van der Waals surface area contributed by atoms with E-state index in [4.69, 9.17) is 0 Å². The molecular weight excluding hydrogens is 278 g/mol. The van der Waals surface area contributed by atoms with E-state index < -0.39 is 5.60 Å². The van der Waals surface area contributed by atoms with Gasteiger partial charge in [-0.05, 0) is 24.9 Å². The lowest BCUT2D eigenvalue weighted by molar-refractivity contribution is -0.137. The summed E-state index contributed by atoms with van der Waals surface area (Å²) in [5, 5.41) is 13.6. The van der Waals surface area contributed by atoms with Crippen molar-refractivity contribution in [1.29, 1.82) is 0 Å². The van der Waals surface area contributed by atoms with E-state index in [-0.39, 0.29) is 5.91 Å². The molecule has 2 N–H and O–H groups in total. The van der Waals surface area contributed by atoms with Crippen LogP contribution in [0.3, 0.4) is 0 Å². The molecule has 22 heavy (non-hydrogen) atoms. The Labute approximate surface area is 131 Å². The first-order valence-electron chi connectivity index (χ1n) is 8.12. The number of β-amino-alcohol motifs (C(OH)–C–C–N with tert-alkyl or cyclic N) is 1. The minimum absolute atomic E-state index is 0.178. The molecule has 1 atom stereocenters. The van der Waals surface area contributed by atoms with Crippen LogP contribution in [-0.4, -0.2) is 72.2 Å². The maximum Gasteiger partial charge on any atom is 0.236 e. The Morgan fingerprint density at radius 2 is 2.05 bits per heavy atom. The number of carbonyl (C=O) groups is 1. The van der Waals surface area contributed by atoms with Crippen molar-refractivity contribution >= 4 is 5.91 Å². The molecule has 2 fully saturated rings. The van der Waals surface area contributed by atoms with E-state index in [9.17, 15) is 9.90 Å². The molecule has 0 aromatic heterocycles. The third-order valence-corrected chi connectivity index (χ3v) is 4.65. The van der Waals surface area contributed by atoms with E-state index in [1.54, 1.807) is 0 Å². The van der Waals surface area contributed by atoms with E-state index in [2.05, 4.69) is 22.3 Å². The van der Waals surface area contributed by atoms with E-state index in [1.807, 2.05) is 23.1 Å².